The minimum Gasteiger partial charge on any atom is -0.479 e. The molecule has 0 aliphatic carbocycles. The van der Waals surface area contributed by atoms with Crippen molar-refractivity contribution >= 4 is 17.6 Å². The monoisotopic (exact) mass is 314 g/mol. The number of hydrogen-bond donors (Lipinski definition) is 0. The molecule has 4 nitrogen and oxygen atoms in total. The summed E-state index contributed by atoms with van der Waals surface area (Å²) in [6.45, 7) is 6.99. The van der Waals surface area contributed by atoms with Gasteiger partial charge in [0.15, 0.2) is 6.10 Å². The molecule has 0 radical (unpaired) electrons. The van der Waals surface area contributed by atoms with Crippen LogP contribution in [0.2, 0.25) is 5.02 Å². The van der Waals surface area contributed by atoms with E-state index >= 15 is 0 Å². The van der Waals surface area contributed by atoms with Crippen LogP contribution in [0.5, 0.6) is 5.75 Å². The van der Waals surface area contributed by atoms with E-state index in [1.54, 1.807) is 25.1 Å². The number of carbonyl (C=O) groups excluding carboxylic acids is 1. The largest absolute Gasteiger partial charge is 0.479 e. The fourth-order valence-electron chi connectivity index (χ4n) is 1.65. The second kappa shape index (κ2) is 9.64. The maximum Gasteiger partial charge on any atom is 0.347 e. The van der Waals surface area contributed by atoms with Crippen LogP contribution in [0, 0.1) is 6.92 Å². The number of unbranched alkanes of at least 4 members (excludes halogenated alkanes) is 1. The van der Waals surface area contributed by atoms with Gasteiger partial charge in [-0.15, -0.1) is 0 Å². The Hall–Kier alpha value is -1.26. The molecule has 0 aliphatic rings. The molecule has 0 heterocycles. The van der Waals surface area contributed by atoms with Crippen LogP contribution in [0.15, 0.2) is 18.2 Å². The molecule has 0 spiro atoms. The Morgan fingerprint density at radius 2 is 2.05 bits per heavy atom. The van der Waals surface area contributed by atoms with Gasteiger partial charge in [0, 0.05) is 11.6 Å². The molecule has 0 aliphatic heterocycles. The van der Waals surface area contributed by atoms with Crippen LogP contribution in [-0.2, 0) is 14.3 Å². The first kappa shape index (κ1) is 17.8. The van der Waals surface area contributed by atoms with E-state index in [1.807, 2.05) is 6.92 Å². The summed E-state index contributed by atoms with van der Waals surface area (Å²) < 4.78 is 16.0. The van der Waals surface area contributed by atoms with Crippen molar-refractivity contribution in [2.45, 2.75) is 39.7 Å². The van der Waals surface area contributed by atoms with Crippen molar-refractivity contribution in [2.75, 3.05) is 19.8 Å². The van der Waals surface area contributed by atoms with Gasteiger partial charge in [0.2, 0.25) is 0 Å². The molecule has 0 unspecified atom stereocenters. The quantitative estimate of drug-likeness (QED) is 0.514. The zero-order valence-electron chi connectivity index (χ0n) is 12.9. The highest BCUT2D eigenvalue weighted by atomic mass is 35.5. The fraction of sp³-hybridized carbons (Fsp3) is 0.562. The Balaban J connectivity index is 2.30. The molecule has 118 valence electrons. The van der Waals surface area contributed by atoms with Gasteiger partial charge in [0.1, 0.15) is 12.4 Å². The molecule has 1 rings (SSSR count). The van der Waals surface area contributed by atoms with E-state index in [2.05, 4.69) is 6.92 Å². The average Bonchev–Trinajstić information content (AvgIpc) is 2.45. The van der Waals surface area contributed by atoms with E-state index in [0.29, 0.717) is 24.0 Å². The summed E-state index contributed by atoms with van der Waals surface area (Å²) in [7, 11) is 0. The lowest BCUT2D eigenvalue weighted by Gasteiger charge is -2.15. The number of rotatable bonds is 9. The van der Waals surface area contributed by atoms with Gasteiger partial charge in [-0.25, -0.2) is 4.79 Å². The Morgan fingerprint density at radius 1 is 1.29 bits per heavy atom. The first-order valence-electron chi connectivity index (χ1n) is 7.21. The van der Waals surface area contributed by atoms with Crippen molar-refractivity contribution in [1.82, 2.24) is 0 Å². The summed E-state index contributed by atoms with van der Waals surface area (Å²) >= 11 is 5.88. The van der Waals surface area contributed by atoms with Crippen LogP contribution in [-0.4, -0.2) is 31.9 Å². The third-order valence-corrected chi connectivity index (χ3v) is 3.12. The molecule has 0 fully saturated rings. The van der Waals surface area contributed by atoms with Crippen LogP contribution in [0.25, 0.3) is 0 Å². The Bertz CT molecular complexity index is 448. The summed E-state index contributed by atoms with van der Waals surface area (Å²) in [5.41, 5.74) is 0.880. The number of hydrogen-bond acceptors (Lipinski definition) is 4. The highest BCUT2D eigenvalue weighted by Gasteiger charge is 2.17. The molecule has 0 saturated carbocycles. The van der Waals surface area contributed by atoms with E-state index in [9.17, 15) is 4.79 Å². The van der Waals surface area contributed by atoms with Crippen LogP contribution in [0.4, 0.5) is 0 Å². The number of halogens is 1. The summed E-state index contributed by atoms with van der Waals surface area (Å²) in [4.78, 5) is 11.8. The number of benzene rings is 1. The van der Waals surface area contributed by atoms with Crippen molar-refractivity contribution in [1.29, 1.82) is 0 Å². The Morgan fingerprint density at radius 3 is 2.71 bits per heavy atom. The third-order valence-electron chi connectivity index (χ3n) is 2.89. The molecule has 0 N–H and O–H groups in total. The highest BCUT2D eigenvalue weighted by molar-refractivity contribution is 6.30. The number of aryl methyl sites for hydroxylation is 1. The van der Waals surface area contributed by atoms with Crippen LogP contribution in [0.1, 0.15) is 32.3 Å². The molecular weight excluding hydrogens is 292 g/mol. The van der Waals surface area contributed by atoms with Gasteiger partial charge in [0.05, 0.1) is 6.61 Å². The molecule has 0 saturated heterocycles. The summed E-state index contributed by atoms with van der Waals surface area (Å²) in [6.07, 6.45) is 1.44. The van der Waals surface area contributed by atoms with E-state index in [4.69, 9.17) is 25.8 Å². The fourth-order valence-corrected chi connectivity index (χ4v) is 1.88. The lowest BCUT2D eigenvalue weighted by molar-refractivity contribution is -0.152. The molecule has 0 amide bonds. The first-order valence-corrected chi connectivity index (χ1v) is 7.59. The minimum atomic E-state index is -0.666. The van der Waals surface area contributed by atoms with Gasteiger partial charge >= 0.3 is 5.97 Å². The summed E-state index contributed by atoms with van der Waals surface area (Å²) in [6, 6.07) is 5.26. The van der Waals surface area contributed by atoms with Crippen molar-refractivity contribution in [2.24, 2.45) is 0 Å². The first-order chi connectivity index (χ1) is 10.0. The zero-order chi connectivity index (χ0) is 15.7. The van der Waals surface area contributed by atoms with E-state index in [-0.39, 0.29) is 6.61 Å². The highest BCUT2D eigenvalue weighted by Crippen LogP contribution is 2.22. The lowest BCUT2D eigenvalue weighted by atomic mass is 10.2. The lowest BCUT2D eigenvalue weighted by Crippen LogP contribution is -2.27. The van der Waals surface area contributed by atoms with Gasteiger partial charge in [-0.1, -0.05) is 24.9 Å². The number of carbonyl (C=O) groups is 1. The minimum absolute atomic E-state index is 0.246. The topological polar surface area (TPSA) is 44.8 Å². The van der Waals surface area contributed by atoms with Crippen molar-refractivity contribution < 1.29 is 19.0 Å². The average molecular weight is 315 g/mol. The van der Waals surface area contributed by atoms with Crippen molar-refractivity contribution in [3.05, 3.63) is 28.8 Å². The SMILES string of the molecule is CCCCOCCOC(=O)[C@H](C)Oc1ccc(Cl)cc1C. The van der Waals surface area contributed by atoms with Gasteiger partial charge < -0.3 is 14.2 Å². The predicted octanol–water partition coefficient (Wildman–Crippen LogP) is 3.78. The summed E-state index contributed by atoms with van der Waals surface area (Å²) in [5, 5.41) is 0.638. The normalized spacial score (nSPS) is 12.0. The Kier molecular flexibility index (Phi) is 8.16. The van der Waals surface area contributed by atoms with Crippen LogP contribution in [0.3, 0.4) is 0 Å². The smallest absolute Gasteiger partial charge is 0.347 e. The molecule has 0 aromatic heterocycles. The number of ether oxygens (including phenoxy) is 3. The Labute approximate surface area is 131 Å². The molecule has 1 aromatic carbocycles. The summed E-state index contributed by atoms with van der Waals surface area (Å²) in [5.74, 6) is 0.228. The van der Waals surface area contributed by atoms with Gasteiger partial charge in [-0.3, -0.25) is 0 Å². The second-order valence-electron chi connectivity index (χ2n) is 4.80. The maximum absolute atomic E-state index is 11.8. The third kappa shape index (κ3) is 6.82. The van der Waals surface area contributed by atoms with Gasteiger partial charge in [-0.05, 0) is 44.0 Å². The molecule has 1 aromatic rings. The number of esters is 1. The second-order valence-corrected chi connectivity index (χ2v) is 5.24. The van der Waals surface area contributed by atoms with Crippen LogP contribution >= 0.6 is 11.6 Å². The molecule has 21 heavy (non-hydrogen) atoms. The predicted molar refractivity (Wildman–Crippen MR) is 83.0 cm³/mol. The van der Waals surface area contributed by atoms with Crippen LogP contribution < -0.4 is 4.74 Å². The van der Waals surface area contributed by atoms with E-state index in [1.165, 1.54) is 0 Å². The standard InChI is InChI=1S/C16H23ClO4/c1-4-5-8-19-9-10-20-16(18)13(3)21-15-7-6-14(17)11-12(15)2/h6-7,11,13H,4-5,8-10H2,1-3H3/t13-/m0/s1. The molecule has 0 bridgehead atoms. The molecule has 1 atom stereocenters. The maximum atomic E-state index is 11.8. The molecular formula is C16H23ClO4. The van der Waals surface area contributed by atoms with Crippen molar-refractivity contribution in [3.8, 4) is 5.75 Å². The van der Waals surface area contributed by atoms with Gasteiger partial charge in [-0.2, -0.15) is 0 Å². The van der Waals surface area contributed by atoms with Crippen molar-refractivity contribution in [3.63, 3.8) is 0 Å². The molecule has 5 heteroatoms. The van der Waals surface area contributed by atoms with E-state index < -0.39 is 12.1 Å². The zero-order valence-corrected chi connectivity index (χ0v) is 13.6. The van der Waals surface area contributed by atoms with E-state index in [0.717, 1.165) is 18.4 Å². The van der Waals surface area contributed by atoms with Gasteiger partial charge in [0.25, 0.3) is 0 Å².